The average Bonchev–Trinajstić information content (AvgIpc) is 2.35. The van der Waals surface area contributed by atoms with E-state index in [0.29, 0.717) is 0 Å². The van der Waals surface area contributed by atoms with Gasteiger partial charge >= 0.3 is 0 Å². The normalized spacial score (nSPS) is 17.9. The lowest BCUT2D eigenvalue weighted by molar-refractivity contribution is 0.0739. The molecule has 1 heterocycles. The molecule has 5 heteroatoms. The molecule has 1 saturated heterocycles. The summed E-state index contributed by atoms with van der Waals surface area (Å²) in [7, 11) is 0. The second-order valence-electron chi connectivity index (χ2n) is 5.35. The molecule has 1 aliphatic heterocycles. The predicted molar refractivity (Wildman–Crippen MR) is 81.0 cm³/mol. The van der Waals surface area contributed by atoms with Crippen molar-refractivity contribution in [1.29, 1.82) is 0 Å². The highest BCUT2D eigenvalue weighted by Gasteiger charge is 2.25. The van der Waals surface area contributed by atoms with Gasteiger partial charge in [0.1, 0.15) is 0 Å². The Bertz CT molecular complexity index is 400. The monoisotopic (exact) mass is 304 g/mol. The molecular formula is C15H23ClF2N2. The molecule has 0 aromatic heterocycles. The molecule has 0 unspecified atom stereocenters. The third-order valence-corrected chi connectivity index (χ3v) is 3.62. The van der Waals surface area contributed by atoms with Crippen LogP contribution in [0.15, 0.2) is 18.2 Å². The zero-order valence-corrected chi connectivity index (χ0v) is 12.9. The van der Waals surface area contributed by atoms with E-state index < -0.39 is 6.43 Å². The van der Waals surface area contributed by atoms with E-state index in [0.717, 1.165) is 42.9 Å². The second-order valence-corrected chi connectivity index (χ2v) is 5.35. The minimum atomic E-state index is -2.26. The second kappa shape index (κ2) is 7.91. The summed E-state index contributed by atoms with van der Waals surface area (Å²) in [5.74, 6) is 0. The van der Waals surface area contributed by atoms with Gasteiger partial charge in [0.05, 0.1) is 0 Å². The maximum atomic E-state index is 12.9. The fraction of sp³-hybridized carbons (Fsp3) is 0.600. The Morgan fingerprint density at radius 1 is 1.10 bits per heavy atom. The van der Waals surface area contributed by atoms with Crippen LogP contribution < -0.4 is 5.32 Å². The minimum absolute atomic E-state index is 0. The van der Waals surface area contributed by atoms with Crippen molar-refractivity contribution in [3.63, 3.8) is 0 Å². The van der Waals surface area contributed by atoms with Crippen molar-refractivity contribution in [3.05, 3.63) is 34.9 Å². The number of piperazine rings is 1. The molecule has 1 N–H and O–H groups in total. The van der Waals surface area contributed by atoms with Crippen molar-refractivity contribution in [3.8, 4) is 0 Å². The van der Waals surface area contributed by atoms with Crippen LogP contribution in [-0.4, -0.2) is 37.5 Å². The maximum Gasteiger partial charge on any atom is 0.240 e. The Balaban J connectivity index is 0.00000200. The van der Waals surface area contributed by atoms with E-state index in [1.165, 1.54) is 0 Å². The van der Waals surface area contributed by atoms with Crippen molar-refractivity contribution in [2.45, 2.75) is 32.7 Å². The van der Waals surface area contributed by atoms with Gasteiger partial charge < -0.3 is 5.32 Å². The van der Waals surface area contributed by atoms with Gasteiger partial charge in [0.2, 0.25) is 6.43 Å². The number of rotatable bonds is 4. The molecular weight excluding hydrogens is 282 g/mol. The lowest BCUT2D eigenvalue weighted by atomic mass is 9.97. The van der Waals surface area contributed by atoms with Crippen molar-refractivity contribution in [1.82, 2.24) is 10.2 Å². The van der Waals surface area contributed by atoms with Gasteiger partial charge in [-0.3, -0.25) is 4.90 Å². The van der Waals surface area contributed by atoms with Crippen LogP contribution >= 0.6 is 12.4 Å². The van der Waals surface area contributed by atoms with Crippen molar-refractivity contribution < 1.29 is 8.78 Å². The fourth-order valence-corrected chi connectivity index (χ4v) is 2.86. The standard InChI is InChI=1S/C15H22F2N2.ClH/c1-11-7-12(2)9-13(8-11)14(10-15(16)17)19-5-3-18-4-6-19;/h7-9,14-15,18H,3-6,10H2,1-2H3;1H/t14-;/m1./s1. The van der Waals surface area contributed by atoms with Gasteiger partial charge in [0, 0.05) is 38.6 Å². The smallest absolute Gasteiger partial charge is 0.240 e. The summed E-state index contributed by atoms with van der Waals surface area (Å²) in [6.45, 7) is 7.48. The summed E-state index contributed by atoms with van der Waals surface area (Å²) in [4.78, 5) is 2.18. The van der Waals surface area contributed by atoms with Crippen LogP contribution in [-0.2, 0) is 0 Å². The number of alkyl halides is 2. The zero-order valence-electron chi connectivity index (χ0n) is 12.0. The van der Waals surface area contributed by atoms with Gasteiger partial charge in [0.15, 0.2) is 0 Å². The zero-order chi connectivity index (χ0) is 13.8. The largest absolute Gasteiger partial charge is 0.314 e. The number of hydrogen-bond donors (Lipinski definition) is 1. The molecule has 1 atom stereocenters. The first-order chi connectivity index (χ1) is 9.06. The van der Waals surface area contributed by atoms with Crippen molar-refractivity contribution in [2.24, 2.45) is 0 Å². The third kappa shape index (κ3) is 4.69. The highest BCUT2D eigenvalue weighted by Crippen LogP contribution is 2.29. The summed E-state index contributed by atoms with van der Waals surface area (Å²) in [6, 6.07) is 6.01. The molecule has 0 radical (unpaired) electrons. The van der Waals surface area contributed by atoms with Crippen LogP contribution in [0.2, 0.25) is 0 Å². The summed E-state index contributed by atoms with van der Waals surface area (Å²) >= 11 is 0. The Kier molecular flexibility index (Phi) is 6.86. The average molecular weight is 305 g/mol. The SMILES string of the molecule is Cc1cc(C)cc([C@@H](CC(F)F)N2CCNCC2)c1.Cl. The molecule has 0 bridgehead atoms. The molecule has 20 heavy (non-hydrogen) atoms. The quantitative estimate of drug-likeness (QED) is 0.918. The van der Waals surface area contributed by atoms with E-state index in [1.54, 1.807) is 0 Å². The van der Waals surface area contributed by atoms with Crippen LogP contribution in [0.4, 0.5) is 8.78 Å². The molecule has 2 rings (SSSR count). The van der Waals surface area contributed by atoms with Crippen molar-refractivity contribution >= 4 is 12.4 Å². The number of hydrogen-bond acceptors (Lipinski definition) is 2. The summed E-state index contributed by atoms with van der Waals surface area (Å²) in [5.41, 5.74) is 3.31. The van der Waals surface area contributed by atoms with Crippen LogP contribution in [0.1, 0.15) is 29.2 Å². The molecule has 2 nitrogen and oxygen atoms in total. The molecule has 1 fully saturated rings. The van der Waals surface area contributed by atoms with Crippen LogP contribution in [0.3, 0.4) is 0 Å². The summed E-state index contributed by atoms with van der Waals surface area (Å²) in [5, 5.41) is 3.27. The van der Waals surface area contributed by atoms with Gasteiger partial charge in [0.25, 0.3) is 0 Å². The molecule has 0 aliphatic carbocycles. The Hall–Kier alpha value is -0.710. The highest BCUT2D eigenvalue weighted by atomic mass is 35.5. The first-order valence-electron chi connectivity index (χ1n) is 6.87. The Morgan fingerprint density at radius 3 is 2.15 bits per heavy atom. The number of benzene rings is 1. The van der Waals surface area contributed by atoms with E-state index in [9.17, 15) is 8.78 Å². The van der Waals surface area contributed by atoms with E-state index in [2.05, 4.69) is 16.3 Å². The predicted octanol–water partition coefficient (Wildman–Crippen LogP) is 3.33. The lowest BCUT2D eigenvalue weighted by Crippen LogP contribution is -2.45. The van der Waals surface area contributed by atoms with Gasteiger partial charge in [-0.2, -0.15) is 0 Å². The Morgan fingerprint density at radius 2 is 1.65 bits per heavy atom. The molecule has 0 spiro atoms. The van der Waals surface area contributed by atoms with Gasteiger partial charge in [-0.1, -0.05) is 29.3 Å². The van der Waals surface area contributed by atoms with Crippen LogP contribution in [0.25, 0.3) is 0 Å². The minimum Gasteiger partial charge on any atom is -0.314 e. The lowest BCUT2D eigenvalue weighted by Gasteiger charge is -2.35. The third-order valence-electron chi connectivity index (χ3n) is 3.62. The van der Waals surface area contributed by atoms with Gasteiger partial charge in [-0.05, 0) is 19.4 Å². The molecule has 1 aromatic rings. The summed E-state index contributed by atoms with van der Waals surface area (Å²) in [6.07, 6.45) is -2.34. The van der Waals surface area contributed by atoms with Gasteiger partial charge in [-0.25, -0.2) is 8.78 Å². The first-order valence-corrected chi connectivity index (χ1v) is 6.87. The fourth-order valence-electron chi connectivity index (χ4n) is 2.86. The van der Waals surface area contributed by atoms with Crippen LogP contribution in [0.5, 0.6) is 0 Å². The van der Waals surface area contributed by atoms with Crippen LogP contribution in [0, 0.1) is 13.8 Å². The molecule has 1 aliphatic rings. The number of nitrogens with one attached hydrogen (secondary N) is 1. The van der Waals surface area contributed by atoms with E-state index in [-0.39, 0.29) is 24.9 Å². The molecule has 0 amide bonds. The number of halogens is 3. The summed E-state index contributed by atoms with van der Waals surface area (Å²) < 4.78 is 25.8. The van der Waals surface area contributed by atoms with Crippen molar-refractivity contribution in [2.75, 3.05) is 26.2 Å². The molecule has 114 valence electrons. The number of nitrogens with zero attached hydrogens (tertiary/aromatic N) is 1. The van der Waals surface area contributed by atoms with E-state index >= 15 is 0 Å². The molecule has 0 saturated carbocycles. The van der Waals surface area contributed by atoms with E-state index in [4.69, 9.17) is 0 Å². The van der Waals surface area contributed by atoms with Gasteiger partial charge in [-0.15, -0.1) is 12.4 Å². The maximum absolute atomic E-state index is 12.9. The number of aryl methyl sites for hydroxylation is 2. The highest BCUT2D eigenvalue weighted by molar-refractivity contribution is 5.85. The van der Waals surface area contributed by atoms with E-state index in [1.807, 2.05) is 26.0 Å². The Labute approximate surface area is 126 Å². The topological polar surface area (TPSA) is 15.3 Å². The first kappa shape index (κ1) is 17.3. The molecule has 1 aromatic carbocycles.